The van der Waals surface area contributed by atoms with Crippen molar-refractivity contribution in [2.75, 3.05) is 26.4 Å². The lowest BCUT2D eigenvalue weighted by atomic mass is 10.1. The fourth-order valence-electron chi connectivity index (χ4n) is 1.51. The van der Waals surface area contributed by atoms with Gasteiger partial charge in [-0.2, -0.15) is 0 Å². The van der Waals surface area contributed by atoms with Gasteiger partial charge in [-0.15, -0.1) is 0 Å². The van der Waals surface area contributed by atoms with Crippen molar-refractivity contribution >= 4 is 6.29 Å². The van der Waals surface area contributed by atoms with Crippen LogP contribution in [0, 0.1) is 0 Å². The number of ether oxygens (including phenoxy) is 2. The number of aldehydes is 1. The first-order valence-electron chi connectivity index (χ1n) is 6.16. The lowest BCUT2D eigenvalue weighted by Gasteiger charge is -2.17. The quantitative estimate of drug-likeness (QED) is 0.818. The van der Waals surface area contributed by atoms with E-state index >= 15 is 0 Å². The Bertz CT molecular complexity index is 307. The van der Waals surface area contributed by atoms with Crippen molar-refractivity contribution in [1.29, 1.82) is 0 Å². The van der Waals surface area contributed by atoms with Crippen LogP contribution in [-0.2, 0) is 20.7 Å². The van der Waals surface area contributed by atoms with E-state index in [-0.39, 0.29) is 12.7 Å². The van der Waals surface area contributed by atoms with Gasteiger partial charge >= 0.3 is 0 Å². The highest BCUT2D eigenvalue weighted by atomic mass is 16.6. The van der Waals surface area contributed by atoms with Crippen molar-refractivity contribution in [3.05, 3.63) is 35.9 Å². The van der Waals surface area contributed by atoms with Crippen molar-refractivity contribution in [1.82, 2.24) is 0 Å². The third-order valence-electron chi connectivity index (χ3n) is 2.46. The second-order valence-electron chi connectivity index (χ2n) is 3.93. The zero-order valence-electron chi connectivity index (χ0n) is 10.5. The first-order valence-corrected chi connectivity index (χ1v) is 6.16. The summed E-state index contributed by atoms with van der Waals surface area (Å²) in [4.78, 5) is 9.95. The predicted octanol–water partition coefficient (Wildman–Crippen LogP) is 1.21. The molecule has 1 fully saturated rings. The van der Waals surface area contributed by atoms with Crippen LogP contribution < -0.4 is 0 Å². The summed E-state index contributed by atoms with van der Waals surface area (Å²) >= 11 is 0. The zero-order chi connectivity index (χ0) is 13.1. The zero-order valence-corrected chi connectivity index (χ0v) is 10.5. The molecule has 1 atom stereocenters. The second-order valence-corrected chi connectivity index (χ2v) is 3.93. The summed E-state index contributed by atoms with van der Waals surface area (Å²) in [5.74, 6) is 0. The van der Waals surface area contributed by atoms with E-state index in [1.807, 2.05) is 18.2 Å². The van der Waals surface area contributed by atoms with Crippen LogP contribution in [0.3, 0.4) is 0 Å². The van der Waals surface area contributed by atoms with E-state index in [0.717, 1.165) is 19.1 Å². The van der Waals surface area contributed by atoms with Crippen molar-refractivity contribution in [2.24, 2.45) is 0 Å². The summed E-state index contributed by atoms with van der Waals surface area (Å²) in [6, 6.07) is 10.2. The molecule has 0 aliphatic carbocycles. The molecule has 1 aromatic carbocycles. The standard InChI is InChI=1S/C9H12O.C5H8O3/c10-8-4-7-9-5-2-1-3-6-9;6-3-5-4-7-1-2-8-5/h1-3,5-6,10H,4,7-8H2;3,5H,1-2,4H2. The van der Waals surface area contributed by atoms with Gasteiger partial charge in [0.1, 0.15) is 6.10 Å². The molecule has 0 aromatic heterocycles. The third kappa shape index (κ3) is 6.49. The van der Waals surface area contributed by atoms with Crippen LogP contribution in [0.25, 0.3) is 0 Å². The summed E-state index contributed by atoms with van der Waals surface area (Å²) in [5.41, 5.74) is 1.30. The molecule has 100 valence electrons. The first kappa shape index (κ1) is 14.8. The monoisotopic (exact) mass is 252 g/mol. The molecule has 4 nitrogen and oxygen atoms in total. The van der Waals surface area contributed by atoms with Crippen molar-refractivity contribution in [3.8, 4) is 0 Å². The number of aryl methyl sites for hydroxylation is 1. The topological polar surface area (TPSA) is 55.8 Å². The Morgan fingerprint density at radius 3 is 2.56 bits per heavy atom. The van der Waals surface area contributed by atoms with E-state index in [4.69, 9.17) is 14.6 Å². The number of benzene rings is 1. The largest absolute Gasteiger partial charge is 0.396 e. The van der Waals surface area contributed by atoms with Crippen LogP contribution in [0.5, 0.6) is 0 Å². The Labute approximate surface area is 108 Å². The highest BCUT2D eigenvalue weighted by molar-refractivity contribution is 5.56. The maximum absolute atomic E-state index is 9.95. The molecular weight excluding hydrogens is 232 g/mol. The van der Waals surface area contributed by atoms with E-state index in [2.05, 4.69) is 12.1 Å². The fraction of sp³-hybridized carbons (Fsp3) is 0.500. The molecule has 1 aliphatic heterocycles. The SMILES string of the molecule is O=CC1COCCO1.OCCCc1ccccc1. The molecule has 1 saturated heterocycles. The molecular formula is C14H20O4. The normalized spacial score (nSPS) is 18.6. The van der Waals surface area contributed by atoms with Gasteiger partial charge < -0.3 is 19.4 Å². The molecule has 0 radical (unpaired) electrons. The van der Waals surface area contributed by atoms with E-state index in [1.54, 1.807) is 0 Å². The molecule has 18 heavy (non-hydrogen) atoms. The molecule has 1 aliphatic rings. The smallest absolute Gasteiger partial charge is 0.151 e. The molecule has 0 spiro atoms. The molecule has 4 heteroatoms. The number of hydrogen-bond acceptors (Lipinski definition) is 4. The summed E-state index contributed by atoms with van der Waals surface area (Å²) in [6.07, 6.45) is 2.30. The minimum Gasteiger partial charge on any atom is -0.396 e. The number of aliphatic hydroxyl groups excluding tert-OH is 1. The van der Waals surface area contributed by atoms with Crippen molar-refractivity contribution in [3.63, 3.8) is 0 Å². The van der Waals surface area contributed by atoms with Crippen molar-refractivity contribution in [2.45, 2.75) is 18.9 Å². The van der Waals surface area contributed by atoms with Crippen LogP contribution in [0.1, 0.15) is 12.0 Å². The van der Waals surface area contributed by atoms with Crippen LogP contribution >= 0.6 is 0 Å². The maximum atomic E-state index is 9.95. The molecule has 1 N–H and O–H groups in total. The average Bonchev–Trinajstić information content (AvgIpc) is 2.48. The van der Waals surface area contributed by atoms with E-state index in [1.165, 1.54) is 5.56 Å². The average molecular weight is 252 g/mol. The summed E-state index contributed by atoms with van der Waals surface area (Å²) in [7, 11) is 0. The molecule has 1 heterocycles. The van der Waals surface area contributed by atoms with Gasteiger partial charge in [-0.3, -0.25) is 0 Å². The molecule has 0 amide bonds. The number of carbonyl (C=O) groups is 1. The lowest BCUT2D eigenvalue weighted by molar-refractivity contribution is -0.133. The van der Waals surface area contributed by atoms with Crippen LogP contribution in [0.15, 0.2) is 30.3 Å². The summed E-state index contributed by atoms with van der Waals surface area (Å²) in [6.45, 7) is 1.87. The third-order valence-corrected chi connectivity index (χ3v) is 2.46. The van der Waals surface area contributed by atoms with Gasteiger partial charge in [-0.05, 0) is 18.4 Å². The summed E-state index contributed by atoms with van der Waals surface area (Å²) < 4.78 is 9.85. The van der Waals surface area contributed by atoms with Crippen LogP contribution in [0.2, 0.25) is 0 Å². The fourth-order valence-corrected chi connectivity index (χ4v) is 1.51. The lowest BCUT2D eigenvalue weighted by Crippen LogP contribution is -2.29. The minimum absolute atomic E-state index is 0.287. The maximum Gasteiger partial charge on any atom is 0.151 e. The molecule has 1 unspecified atom stereocenters. The van der Waals surface area contributed by atoms with Gasteiger partial charge in [0.15, 0.2) is 6.29 Å². The van der Waals surface area contributed by atoms with Gasteiger partial charge in [-0.1, -0.05) is 30.3 Å². The van der Waals surface area contributed by atoms with Gasteiger partial charge in [0.05, 0.1) is 19.8 Å². The molecule has 2 rings (SSSR count). The Hall–Kier alpha value is -1.23. The molecule has 0 saturated carbocycles. The van der Waals surface area contributed by atoms with E-state index in [9.17, 15) is 4.79 Å². The van der Waals surface area contributed by atoms with E-state index in [0.29, 0.717) is 19.8 Å². The first-order chi connectivity index (χ1) is 8.86. The predicted molar refractivity (Wildman–Crippen MR) is 68.5 cm³/mol. The van der Waals surface area contributed by atoms with E-state index < -0.39 is 0 Å². The molecule has 1 aromatic rings. The highest BCUT2D eigenvalue weighted by Crippen LogP contribution is 2.00. The van der Waals surface area contributed by atoms with Crippen LogP contribution in [0.4, 0.5) is 0 Å². The number of carbonyl (C=O) groups excluding carboxylic acids is 1. The van der Waals surface area contributed by atoms with Gasteiger partial charge in [-0.25, -0.2) is 0 Å². The van der Waals surface area contributed by atoms with Crippen LogP contribution in [-0.4, -0.2) is 43.9 Å². The number of aliphatic hydroxyl groups is 1. The Balaban J connectivity index is 0.000000184. The Kier molecular flexibility index (Phi) is 8.04. The number of rotatable bonds is 4. The highest BCUT2D eigenvalue weighted by Gasteiger charge is 2.11. The second kappa shape index (κ2) is 9.76. The Morgan fingerprint density at radius 2 is 2.06 bits per heavy atom. The van der Waals surface area contributed by atoms with Gasteiger partial charge in [0.2, 0.25) is 0 Å². The Morgan fingerprint density at radius 1 is 1.28 bits per heavy atom. The van der Waals surface area contributed by atoms with Crippen molar-refractivity contribution < 1.29 is 19.4 Å². The molecule has 0 bridgehead atoms. The minimum atomic E-state index is -0.316. The number of hydrogen-bond donors (Lipinski definition) is 1. The summed E-state index contributed by atoms with van der Waals surface area (Å²) in [5, 5.41) is 8.53. The van der Waals surface area contributed by atoms with Gasteiger partial charge in [0, 0.05) is 6.61 Å². The van der Waals surface area contributed by atoms with Gasteiger partial charge in [0.25, 0.3) is 0 Å².